The molecule has 0 bridgehead atoms. The van der Waals surface area contributed by atoms with E-state index in [1.54, 1.807) is 12.1 Å². The number of furan rings is 1. The first-order chi connectivity index (χ1) is 28.0. The topological polar surface area (TPSA) is 51.8 Å². The number of aryl methyl sites for hydroxylation is 1. The maximum Gasteiger partial charge on any atom is 0.144 e. The number of hydrogen-bond donors (Lipinski definition) is 0. The van der Waals surface area contributed by atoms with E-state index in [0.29, 0.717) is 5.92 Å². The van der Waals surface area contributed by atoms with Crippen LogP contribution in [0.1, 0.15) is 30.9 Å². The Labute approximate surface area is 361 Å². The number of benzene rings is 5. The van der Waals surface area contributed by atoms with Crippen molar-refractivity contribution < 1.29 is 28.9 Å². The molecule has 0 aliphatic heterocycles. The molecule has 5 aromatic carbocycles. The molecule has 0 saturated heterocycles. The van der Waals surface area contributed by atoms with Crippen LogP contribution in [0.5, 0.6) is 0 Å². The number of pyridine rings is 3. The van der Waals surface area contributed by atoms with Gasteiger partial charge >= 0.3 is 0 Å². The van der Waals surface area contributed by atoms with E-state index in [4.69, 9.17) is 4.42 Å². The molecule has 0 aliphatic rings. The van der Waals surface area contributed by atoms with Crippen molar-refractivity contribution in [1.82, 2.24) is 15.0 Å². The molecule has 59 heavy (non-hydrogen) atoms. The number of fused-ring (bicyclic) bond motifs is 3. The van der Waals surface area contributed by atoms with Crippen LogP contribution in [0.3, 0.4) is 0 Å². The average Bonchev–Trinajstić information content (AvgIpc) is 3.64. The zero-order valence-electron chi connectivity index (χ0n) is 34.3. The summed E-state index contributed by atoms with van der Waals surface area (Å²) in [5.41, 5.74) is 12.5. The van der Waals surface area contributed by atoms with Gasteiger partial charge in [0.15, 0.2) is 0 Å². The van der Waals surface area contributed by atoms with E-state index in [0.717, 1.165) is 61.3 Å². The molecular weight excluding hydrogens is 922 g/mol. The number of halogens is 1. The quantitative estimate of drug-likeness (QED) is 0.156. The molecule has 0 spiro atoms. The van der Waals surface area contributed by atoms with E-state index in [9.17, 15) is 4.39 Å². The Morgan fingerprint density at radius 3 is 1.76 bits per heavy atom. The summed E-state index contributed by atoms with van der Waals surface area (Å²) in [6.45, 7) is 13.5. The Bertz CT molecular complexity index is 2690. The van der Waals surface area contributed by atoms with Crippen molar-refractivity contribution in [1.29, 1.82) is 0 Å². The van der Waals surface area contributed by atoms with Crippen LogP contribution in [0, 0.1) is 12.7 Å². The summed E-state index contributed by atoms with van der Waals surface area (Å²) < 4.78 is 19.6. The average molecular weight is 970 g/mol. The van der Waals surface area contributed by atoms with Crippen molar-refractivity contribution in [2.45, 2.75) is 46.3 Å². The van der Waals surface area contributed by atoms with Gasteiger partial charge in [0.2, 0.25) is 0 Å². The van der Waals surface area contributed by atoms with Crippen molar-refractivity contribution in [2.75, 3.05) is 0 Å². The molecule has 7 heteroatoms. The van der Waals surface area contributed by atoms with E-state index < -0.39 is 8.07 Å². The van der Waals surface area contributed by atoms with Gasteiger partial charge < -0.3 is 4.42 Å². The van der Waals surface area contributed by atoms with Crippen LogP contribution in [-0.4, -0.2) is 23.0 Å². The Hall–Kier alpha value is -5.85. The molecule has 4 aromatic heterocycles. The van der Waals surface area contributed by atoms with Crippen LogP contribution >= 0.6 is 0 Å². The van der Waals surface area contributed by atoms with E-state index >= 15 is 0 Å². The standard InChI is InChI=1S/C27H22FNO.C14H17NSi.C11H9N.Ir/c1-16(2)24-14-25(29-15-17(24)3)23-6-4-5-22-21-12-9-19(13-26(21)30-27(22)23)18-7-10-20(28)11-8-18;1-16(2,3)13-9-10-14(15-11-13)12-7-5-4-6-8-12;1-2-6-10(7-3-1)11-8-4-5-9-12-11;/h4-16H,1-3H3;4-11H,1-3H3;1-9H;. The van der Waals surface area contributed by atoms with Gasteiger partial charge in [-0.2, -0.15) is 0 Å². The molecule has 9 rings (SSSR count). The van der Waals surface area contributed by atoms with Crippen LogP contribution < -0.4 is 5.19 Å². The maximum absolute atomic E-state index is 13.3. The molecule has 4 nitrogen and oxygen atoms in total. The van der Waals surface area contributed by atoms with E-state index in [1.807, 2.05) is 79.3 Å². The number of hydrogen-bond acceptors (Lipinski definition) is 4. The van der Waals surface area contributed by atoms with Gasteiger partial charge in [0.1, 0.15) is 17.0 Å². The van der Waals surface area contributed by atoms with Gasteiger partial charge in [-0.3, -0.25) is 15.0 Å². The van der Waals surface area contributed by atoms with Crippen molar-refractivity contribution in [3.63, 3.8) is 0 Å². The largest absolute Gasteiger partial charge is 0.455 e. The second-order valence-corrected chi connectivity index (χ2v) is 20.8. The molecule has 0 atom stereocenters. The van der Waals surface area contributed by atoms with Gasteiger partial charge in [0, 0.05) is 66.2 Å². The molecule has 1 radical (unpaired) electrons. The van der Waals surface area contributed by atoms with Gasteiger partial charge in [-0.05, 0) is 94.9 Å². The third-order valence-electron chi connectivity index (χ3n) is 10.2. The molecule has 4 heterocycles. The zero-order valence-corrected chi connectivity index (χ0v) is 37.7. The van der Waals surface area contributed by atoms with Crippen LogP contribution in [-0.2, 0) is 20.1 Å². The molecule has 0 N–H and O–H groups in total. The molecule has 0 fully saturated rings. The molecule has 0 aliphatic carbocycles. The fourth-order valence-corrected chi connectivity index (χ4v) is 7.93. The summed E-state index contributed by atoms with van der Waals surface area (Å²) in [6.07, 6.45) is 5.79. The molecule has 297 valence electrons. The Kier molecular flexibility index (Phi) is 14.0. The van der Waals surface area contributed by atoms with Crippen molar-refractivity contribution in [2.24, 2.45) is 0 Å². The van der Waals surface area contributed by atoms with Crippen molar-refractivity contribution >= 4 is 35.2 Å². The maximum atomic E-state index is 13.3. The van der Waals surface area contributed by atoms with Crippen molar-refractivity contribution in [3.8, 4) is 44.9 Å². The minimum absolute atomic E-state index is 0. The second kappa shape index (κ2) is 19.3. The predicted octanol–water partition coefficient (Wildman–Crippen LogP) is 13.9. The Morgan fingerprint density at radius 1 is 0.542 bits per heavy atom. The van der Waals surface area contributed by atoms with Crippen molar-refractivity contribution in [3.05, 3.63) is 193 Å². The van der Waals surface area contributed by atoms with E-state index in [2.05, 4.69) is 128 Å². The van der Waals surface area contributed by atoms with Gasteiger partial charge in [0.05, 0.1) is 25.2 Å². The SMILES string of the molecule is C[Si](C)(C)c1ccc(-c2ccccc2)nc1.Cc1cnc(-c2cccc3c2oc2cc(-c4ccc(F)cc4)ccc23)cc1C(C)C.[Ir].c1ccc(-c2ccccn2)cc1. The molecule has 0 saturated carbocycles. The molecule has 0 amide bonds. The first kappa shape index (κ1) is 42.7. The fraction of sp³-hybridized carbons (Fsp3) is 0.135. The molecule has 9 aromatic rings. The minimum atomic E-state index is -1.22. The van der Waals surface area contributed by atoms with E-state index in [-0.39, 0.29) is 25.9 Å². The second-order valence-electron chi connectivity index (χ2n) is 15.7. The zero-order chi connectivity index (χ0) is 40.6. The van der Waals surface area contributed by atoms with Gasteiger partial charge in [0.25, 0.3) is 0 Å². The Morgan fingerprint density at radius 2 is 1.17 bits per heavy atom. The number of aromatic nitrogens is 3. The summed E-state index contributed by atoms with van der Waals surface area (Å²) in [7, 11) is -1.22. The third kappa shape index (κ3) is 10.4. The van der Waals surface area contributed by atoms with Gasteiger partial charge in [-0.1, -0.05) is 137 Å². The third-order valence-corrected chi connectivity index (χ3v) is 12.2. The minimum Gasteiger partial charge on any atom is -0.455 e. The normalized spacial score (nSPS) is 11.0. The molecular formula is C52H48FIrN3OSi. The van der Waals surface area contributed by atoms with Gasteiger partial charge in [-0.15, -0.1) is 0 Å². The number of nitrogens with zero attached hydrogens (tertiary/aromatic N) is 3. The summed E-state index contributed by atoms with van der Waals surface area (Å²) in [6, 6.07) is 51.8. The van der Waals surface area contributed by atoms with E-state index in [1.165, 1.54) is 34.0 Å². The summed E-state index contributed by atoms with van der Waals surface area (Å²) >= 11 is 0. The predicted molar refractivity (Wildman–Crippen MR) is 243 cm³/mol. The smallest absolute Gasteiger partial charge is 0.144 e. The summed E-state index contributed by atoms with van der Waals surface area (Å²) in [4.78, 5) is 13.5. The number of rotatable bonds is 6. The van der Waals surface area contributed by atoms with Crippen LogP contribution in [0.25, 0.3) is 66.8 Å². The van der Waals surface area contributed by atoms with Gasteiger partial charge in [-0.25, -0.2) is 4.39 Å². The van der Waals surface area contributed by atoms with Crippen LogP contribution in [0.4, 0.5) is 4.39 Å². The van der Waals surface area contributed by atoms with Crippen LogP contribution in [0.15, 0.2) is 181 Å². The summed E-state index contributed by atoms with van der Waals surface area (Å²) in [5.74, 6) is 0.194. The fourth-order valence-electron chi connectivity index (χ4n) is 6.89. The Balaban J connectivity index is 0.000000169. The van der Waals surface area contributed by atoms with Crippen LogP contribution in [0.2, 0.25) is 19.6 Å². The molecule has 0 unspecified atom stereocenters. The number of para-hydroxylation sites is 1. The monoisotopic (exact) mass is 970 g/mol. The first-order valence-electron chi connectivity index (χ1n) is 19.7. The first-order valence-corrected chi connectivity index (χ1v) is 23.2. The summed E-state index contributed by atoms with van der Waals surface area (Å²) in [5, 5.41) is 3.54.